The van der Waals surface area contributed by atoms with Gasteiger partial charge in [-0.05, 0) is 24.3 Å². The van der Waals surface area contributed by atoms with Crippen molar-refractivity contribution >= 4 is 22.5 Å². The van der Waals surface area contributed by atoms with Gasteiger partial charge in [0.25, 0.3) is 5.91 Å². The van der Waals surface area contributed by atoms with Crippen molar-refractivity contribution in [3.8, 4) is 0 Å². The first-order valence-electron chi connectivity index (χ1n) is 5.86. The minimum Gasteiger partial charge on any atom is -0.320 e. The Kier molecular flexibility index (Phi) is 3.04. The Balaban J connectivity index is 1.89. The summed E-state index contributed by atoms with van der Waals surface area (Å²) in [5.74, 6) is -1.37. The Morgan fingerprint density at radius 1 is 1.15 bits per heavy atom. The van der Waals surface area contributed by atoms with Crippen molar-refractivity contribution < 1.29 is 9.18 Å². The molecule has 0 aromatic carbocycles. The van der Waals surface area contributed by atoms with Crippen molar-refractivity contribution in [3.63, 3.8) is 0 Å². The van der Waals surface area contributed by atoms with Crippen LogP contribution in [0.1, 0.15) is 10.4 Å². The number of pyridine rings is 3. The Bertz CT molecular complexity index is 791. The summed E-state index contributed by atoms with van der Waals surface area (Å²) < 4.78 is 13.4. The number of aromatic nitrogens is 3. The number of nitrogens with one attached hydrogen (secondary N) is 1. The summed E-state index contributed by atoms with van der Waals surface area (Å²) in [5.41, 5.74) is 1.13. The highest BCUT2D eigenvalue weighted by molar-refractivity contribution is 6.04. The third-order valence-electron chi connectivity index (χ3n) is 2.74. The molecule has 20 heavy (non-hydrogen) atoms. The van der Waals surface area contributed by atoms with Gasteiger partial charge in [-0.25, -0.2) is 4.98 Å². The fraction of sp³-hybridized carbons (Fsp3) is 0. The number of amides is 1. The van der Waals surface area contributed by atoms with Crippen LogP contribution in [0.5, 0.6) is 0 Å². The van der Waals surface area contributed by atoms with Crippen molar-refractivity contribution in [1.29, 1.82) is 0 Å². The smallest absolute Gasteiger partial charge is 0.260 e. The third kappa shape index (κ3) is 2.31. The molecule has 0 fully saturated rings. The summed E-state index contributed by atoms with van der Waals surface area (Å²) in [4.78, 5) is 23.5. The van der Waals surface area contributed by atoms with Crippen LogP contribution in [-0.2, 0) is 0 Å². The maximum absolute atomic E-state index is 13.4. The molecule has 1 N–H and O–H groups in total. The Morgan fingerprint density at radius 2 is 2.05 bits per heavy atom. The summed E-state index contributed by atoms with van der Waals surface area (Å²) in [6, 6.07) is 6.36. The van der Waals surface area contributed by atoms with Gasteiger partial charge in [-0.1, -0.05) is 0 Å². The number of nitrogens with zero attached hydrogens (tertiary/aromatic N) is 3. The predicted molar refractivity (Wildman–Crippen MR) is 71.7 cm³/mol. The van der Waals surface area contributed by atoms with E-state index in [4.69, 9.17) is 0 Å². The van der Waals surface area contributed by atoms with Gasteiger partial charge in [0.2, 0.25) is 5.95 Å². The number of anilines is 1. The largest absolute Gasteiger partial charge is 0.320 e. The lowest BCUT2D eigenvalue weighted by atomic mass is 10.2. The zero-order valence-electron chi connectivity index (χ0n) is 10.2. The number of rotatable bonds is 2. The summed E-state index contributed by atoms with van der Waals surface area (Å²) in [7, 11) is 0. The second kappa shape index (κ2) is 5.00. The van der Waals surface area contributed by atoms with Crippen LogP contribution in [0.2, 0.25) is 0 Å². The van der Waals surface area contributed by atoms with E-state index in [9.17, 15) is 9.18 Å². The molecule has 0 aliphatic carbocycles. The van der Waals surface area contributed by atoms with E-state index < -0.39 is 11.9 Å². The molecule has 3 heterocycles. The lowest BCUT2D eigenvalue weighted by Crippen LogP contribution is -2.14. The van der Waals surface area contributed by atoms with Crippen LogP contribution in [0, 0.1) is 5.95 Å². The van der Waals surface area contributed by atoms with Gasteiger partial charge in [0, 0.05) is 24.0 Å². The van der Waals surface area contributed by atoms with Gasteiger partial charge >= 0.3 is 0 Å². The van der Waals surface area contributed by atoms with E-state index in [0.29, 0.717) is 5.69 Å². The average molecular weight is 268 g/mol. The Labute approximate surface area is 113 Å². The quantitative estimate of drug-likeness (QED) is 0.725. The monoisotopic (exact) mass is 268 g/mol. The molecule has 3 rings (SSSR count). The van der Waals surface area contributed by atoms with Gasteiger partial charge in [0.05, 0.1) is 23.0 Å². The summed E-state index contributed by atoms with van der Waals surface area (Å²) in [6.45, 7) is 0. The van der Waals surface area contributed by atoms with Gasteiger partial charge in [-0.3, -0.25) is 14.8 Å². The normalized spacial score (nSPS) is 10.4. The standard InChI is InChI=1S/C14H9FN4O/c15-13-11(2-1-4-17-13)14(20)19-10-6-9-7-16-5-3-12(9)18-8-10/h1-8H,(H,19,20). The topological polar surface area (TPSA) is 67.8 Å². The van der Waals surface area contributed by atoms with Crippen LogP contribution in [0.25, 0.3) is 10.9 Å². The van der Waals surface area contributed by atoms with Gasteiger partial charge in [0.1, 0.15) is 0 Å². The lowest BCUT2D eigenvalue weighted by Gasteiger charge is -2.06. The van der Waals surface area contributed by atoms with Gasteiger partial charge in [-0.2, -0.15) is 4.39 Å². The fourth-order valence-electron chi connectivity index (χ4n) is 1.79. The van der Waals surface area contributed by atoms with Crippen LogP contribution in [0.3, 0.4) is 0 Å². The van der Waals surface area contributed by atoms with Crippen LogP contribution < -0.4 is 5.32 Å². The maximum Gasteiger partial charge on any atom is 0.260 e. The average Bonchev–Trinajstić information content (AvgIpc) is 2.47. The van der Waals surface area contributed by atoms with Crippen molar-refractivity contribution in [3.05, 3.63) is 60.6 Å². The molecule has 0 saturated heterocycles. The van der Waals surface area contributed by atoms with E-state index >= 15 is 0 Å². The van der Waals surface area contributed by atoms with Crippen molar-refractivity contribution in [2.24, 2.45) is 0 Å². The fourth-order valence-corrected chi connectivity index (χ4v) is 1.79. The minimum atomic E-state index is -0.805. The van der Waals surface area contributed by atoms with Gasteiger partial charge in [-0.15, -0.1) is 0 Å². The maximum atomic E-state index is 13.4. The number of fused-ring (bicyclic) bond motifs is 1. The molecule has 6 heteroatoms. The highest BCUT2D eigenvalue weighted by Crippen LogP contribution is 2.16. The first-order chi connectivity index (χ1) is 9.74. The molecule has 5 nitrogen and oxygen atoms in total. The summed E-state index contributed by atoms with van der Waals surface area (Å²) in [6.07, 6.45) is 6.07. The molecule has 0 radical (unpaired) electrons. The molecule has 0 unspecified atom stereocenters. The van der Waals surface area contributed by atoms with E-state index in [2.05, 4.69) is 20.3 Å². The molecule has 0 aliphatic heterocycles. The Hall–Kier alpha value is -2.89. The van der Waals surface area contributed by atoms with Crippen LogP contribution >= 0.6 is 0 Å². The molecule has 0 saturated carbocycles. The molecule has 98 valence electrons. The van der Waals surface area contributed by atoms with E-state index in [1.807, 2.05) is 0 Å². The van der Waals surface area contributed by atoms with Crippen molar-refractivity contribution in [2.45, 2.75) is 0 Å². The lowest BCUT2D eigenvalue weighted by molar-refractivity contribution is 0.102. The SMILES string of the molecule is O=C(Nc1cnc2ccncc2c1)c1cccnc1F. The van der Waals surface area contributed by atoms with E-state index in [1.54, 1.807) is 24.5 Å². The van der Waals surface area contributed by atoms with E-state index in [-0.39, 0.29) is 5.56 Å². The van der Waals surface area contributed by atoms with Crippen molar-refractivity contribution in [1.82, 2.24) is 15.0 Å². The third-order valence-corrected chi connectivity index (χ3v) is 2.74. The van der Waals surface area contributed by atoms with Crippen LogP contribution in [0.4, 0.5) is 10.1 Å². The number of carbonyl (C=O) groups excluding carboxylic acids is 1. The zero-order valence-corrected chi connectivity index (χ0v) is 10.2. The second-order valence-corrected chi connectivity index (χ2v) is 4.09. The molecular weight excluding hydrogens is 259 g/mol. The molecule has 3 aromatic rings. The van der Waals surface area contributed by atoms with Crippen LogP contribution in [0.15, 0.2) is 49.1 Å². The molecule has 1 amide bonds. The van der Waals surface area contributed by atoms with Crippen molar-refractivity contribution in [2.75, 3.05) is 5.32 Å². The molecule has 0 spiro atoms. The first-order valence-corrected chi connectivity index (χ1v) is 5.86. The number of hydrogen-bond donors (Lipinski definition) is 1. The zero-order chi connectivity index (χ0) is 13.9. The number of halogens is 1. The molecular formula is C14H9FN4O. The highest BCUT2D eigenvalue weighted by atomic mass is 19.1. The summed E-state index contributed by atoms with van der Waals surface area (Å²) in [5, 5.41) is 3.37. The molecule has 0 aliphatic rings. The number of hydrogen-bond acceptors (Lipinski definition) is 4. The molecule has 0 bridgehead atoms. The van der Waals surface area contributed by atoms with E-state index in [0.717, 1.165) is 10.9 Å². The first kappa shape index (κ1) is 12.2. The van der Waals surface area contributed by atoms with Crippen LogP contribution in [-0.4, -0.2) is 20.9 Å². The van der Waals surface area contributed by atoms with E-state index in [1.165, 1.54) is 24.5 Å². The predicted octanol–water partition coefficient (Wildman–Crippen LogP) is 2.42. The van der Waals surface area contributed by atoms with Gasteiger partial charge < -0.3 is 5.32 Å². The molecule has 3 aromatic heterocycles. The number of carbonyl (C=O) groups is 1. The minimum absolute atomic E-state index is 0.112. The Morgan fingerprint density at radius 3 is 2.90 bits per heavy atom. The highest BCUT2D eigenvalue weighted by Gasteiger charge is 2.12. The van der Waals surface area contributed by atoms with Gasteiger partial charge in [0.15, 0.2) is 0 Å². The molecule has 0 atom stereocenters. The summed E-state index contributed by atoms with van der Waals surface area (Å²) >= 11 is 0. The second-order valence-electron chi connectivity index (χ2n) is 4.09.